The van der Waals surface area contributed by atoms with Crippen molar-refractivity contribution in [3.05, 3.63) is 77.5 Å². The third-order valence-corrected chi connectivity index (χ3v) is 3.64. The molecule has 0 saturated carbocycles. The van der Waals surface area contributed by atoms with E-state index in [1.807, 2.05) is 19.3 Å². The maximum atomic E-state index is 4.56. The Morgan fingerprint density at radius 1 is 1.00 bits per heavy atom. The molecule has 1 unspecified atom stereocenters. The second-order valence-corrected chi connectivity index (χ2v) is 5.06. The number of benzene rings is 2. The van der Waals surface area contributed by atoms with Gasteiger partial charge < -0.3 is 5.32 Å². The smallest absolute Gasteiger partial charge is 0.0753 e. The highest BCUT2D eigenvalue weighted by molar-refractivity contribution is 5.82. The minimum atomic E-state index is 0.161. The molecule has 3 rings (SSSR count). The van der Waals surface area contributed by atoms with E-state index in [1.165, 1.54) is 22.1 Å². The molecule has 1 heterocycles. The zero-order valence-electron chi connectivity index (χ0n) is 11.8. The summed E-state index contributed by atoms with van der Waals surface area (Å²) in [6.07, 6.45) is 1.86. The van der Waals surface area contributed by atoms with E-state index in [0.29, 0.717) is 0 Å². The zero-order chi connectivity index (χ0) is 13.9. The molecule has 0 bridgehead atoms. The third-order valence-electron chi connectivity index (χ3n) is 3.64. The van der Waals surface area contributed by atoms with Gasteiger partial charge in [0.15, 0.2) is 0 Å². The SMILES string of the molecule is CNC(c1cccc(C)c1)c1cccc2cccnc12. The maximum absolute atomic E-state index is 4.56. The molecule has 0 aliphatic carbocycles. The minimum Gasteiger partial charge on any atom is -0.309 e. The largest absolute Gasteiger partial charge is 0.309 e. The summed E-state index contributed by atoms with van der Waals surface area (Å²) in [5, 5.41) is 4.59. The molecule has 0 radical (unpaired) electrons. The predicted molar refractivity (Wildman–Crippen MR) is 83.8 cm³/mol. The topological polar surface area (TPSA) is 24.9 Å². The Bertz CT molecular complexity index is 729. The fraction of sp³-hybridized carbons (Fsp3) is 0.167. The summed E-state index contributed by atoms with van der Waals surface area (Å²) in [6.45, 7) is 2.12. The molecule has 0 amide bonds. The predicted octanol–water partition coefficient (Wildman–Crippen LogP) is 3.85. The average Bonchev–Trinajstić information content (AvgIpc) is 2.48. The van der Waals surface area contributed by atoms with Crippen LogP contribution in [0.4, 0.5) is 0 Å². The molecule has 1 N–H and O–H groups in total. The number of hydrogen-bond acceptors (Lipinski definition) is 2. The summed E-state index contributed by atoms with van der Waals surface area (Å²) in [5.41, 5.74) is 4.83. The van der Waals surface area contributed by atoms with Crippen molar-refractivity contribution in [1.82, 2.24) is 10.3 Å². The van der Waals surface area contributed by atoms with E-state index in [4.69, 9.17) is 0 Å². The van der Waals surface area contributed by atoms with Gasteiger partial charge in [-0.1, -0.05) is 54.1 Å². The fourth-order valence-corrected chi connectivity index (χ4v) is 2.71. The molecule has 100 valence electrons. The summed E-state index contributed by atoms with van der Waals surface area (Å²) in [6, 6.07) is 19.2. The van der Waals surface area contributed by atoms with E-state index >= 15 is 0 Å². The van der Waals surface area contributed by atoms with Crippen LogP contribution in [0.2, 0.25) is 0 Å². The summed E-state index contributed by atoms with van der Waals surface area (Å²) >= 11 is 0. The van der Waals surface area contributed by atoms with Crippen molar-refractivity contribution in [2.45, 2.75) is 13.0 Å². The van der Waals surface area contributed by atoms with E-state index in [2.05, 4.69) is 65.8 Å². The number of nitrogens with zero attached hydrogens (tertiary/aromatic N) is 1. The van der Waals surface area contributed by atoms with Gasteiger partial charge in [0.05, 0.1) is 11.6 Å². The van der Waals surface area contributed by atoms with E-state index in [-0.39, 0.29) is 6.04 Å². The Kier molecular flexibility index (Phi) is 3.48. The molecule has 1 aromatic heterocycles. The van der Waals surface area contributed by atoms with Gasteiger partial charge in [0.2, 0.25) is 0 Å². The van der Waals surface area contributed by atoms with Gasteiger partial charge >= 0.3 is 0 Å². The highest BCUT2D eigenvalue weighted by Gasteiger charge is 2.15. The van der Waals surface area contributed by atoms with Crippen LogP contribution in [-0.2, 0) is 0 Å². The number of fused-ring (bicyclic) bond motifs is 1. The van der Waals surface area contributed by atoms with Gasteiger partial charge in [0.1, 0.15) is 0 Å². The number of nitrogens with one attached hydrogen (secondary N) is 1. The average molecular weight is 262 g/mol. The van der Waals surface area contributed by atoms with Crippen LogP contribution in [0.3, 0.4) is 0 Å². The third kappa shape index (κ3) is 2.30. The molecule has 3 aromatic rings. The maximum Gasteiger partial charge on any atom is 0.0753 e. The highest BCUT2D eigenvalue weighted by Crippen LogP contribution is 2.27. The van der Waals surface area contributed by atoms with E-state index in [9.17, 15) is 0 Å². The van der Waals surface area contributed by atoms with Crippen molar-refractivity contribution in [3.8, 4) is 0 Å². The number of para-hydroxylation sites is 1. The van der Waals surface area contributed by atoms with Crippen molar-refractivity contribution in [2.75, 3.05) is 7.05 Å². The Hall–Kier alpha value is -2.19. The molecule has 2 heteroatoms. The van der Waals surface area contributed by atoms with Crippen LogP contribution < -0.4 is 5.32 Å². The Labute approximate surface area is 119 Å². The normalized spacial score (nSPS) is 12.5. The minimum absolute atomic E-state index is 0.161. The second-order valence-electron chi connectivity index (χ2n) is 5.06. The molecule has 0 aliphatic rings. The first kappa shape index (κ1) is 12.8. The lowest BCUT2D eigenvalue weighted by molar-refractivity contribution is 0.695. The van der Waals surface area contributed by atoms with Crippen LogP contribution >= 0.6 is 0 Å². The first-order chi connectivity index (χ1) is 9.79. The Morgan fingerprint density at radius 2 is 1.80 bits per heavy atom. The van der Waals surface area contributed by atoms with Gasteiger partial charge in [-0.2, -0.15) is 0 Å². The van der Waals surface area contributed by atoms with Crippen molar-refractivity contribution in [1.29, 1.82) is 0 Å². The van der Waals surface area contributed by atoms with Crippen LogP contribution in [0.15, 0.2) is 60.8 Å². The van der Waals surface area contributed by atoms with Gasteiger partial charge in [-0.25, -0.2) is 0 Å². The van der Waals surface area contributed by atoms with Crippen LogP contribution in [0.5, 0.6) is 0 Å². The standard InChI is InChI=1S/C18H18N2/c1-13-6-3-8-15(12-13)17(19-2)16-10-4-7-14-9-5-11-20-18(14)16/h3-12,17,19H,1-2H3. The molecular formula is C18H18N2. The summed E-state index contributed by atoms with van der Waals surface area (Å²) in [7, 11) is 1.99. The molecule has 1 atom stereocenters. The number of aromatic nitrogens is 1. The van der Waals surface area contributed by atoms with Crippen molar-refractivity contribution < 1.29 is 0 Å². The van der Waals surface area contributed by atoms with Crippen molar-refractivity contribution >= 4 is 10.9 Å². The van der Waals surface area contributed by atoms with Gasteiger partial charge in [-0.15, -0.1) is 0 Å². The molecule has 0 aliphatic heterocycles. The van der Waals surface area contributed by atoms with Gasteiger partial charge in [-0.3, -0.25) is 4.98 Å². The lowest BCUT2D eigenvalue weighted by atomic mass is 9.95. The van der Waals surface area contributed by atoms with E-state index in [1.54, 1.807) is 0 Å². The number of rotatable bonds is 3. The van der Waals surface area contributed by atoms with E-state index in [0.717, 1.165) is 5.52 Å². The molecule has 0 saturated heterocycles. The van der Waals surface area contributed by atoms with Crippen molar-refractivity contribution in [2.24, 2.45) is 0 Å². The number of hydrogen-bond donors (Lipinski definition) is 1. The summed E-state index contributed by atoms with van der Waals surface area (Å²) < 4.78 is 0. The quantitative estimate of drug-likeness (QED) is 0.775. The molecule has 0 fully saturated rings. The zero-order valence-corrected chi connectivity index (χ0v) is 11.8. The van der Waals surface area contributed by atoms with Crippen LogP contribution in [0, 0.1) is 6.92 Å². The molecular weight excluding hydrogens is 244 g/mol. The van der Waals surface area contributed by atoms with Crippen LogP contribution in [-0.4, -0.2) is 12.0 Å². The van der Waals surface area contributed by atoms with Crippen LogP contribution in [0.25, 0.3) is 10.9 Å². The summed E-state index contributed by atoms with van der Waals surface area (Å²) in [4.78, 5) is 4.56. The lowest BCUT2D eigenvalue weighted by Gasteiger charge is -2.19. The Balaban J connectivity index is 2.17. The molecule has 0 spiro atoms. The molecule has 2 nitrogen and oxygen atoms in total. The number of pyridine rings is 1. The second kappa shape index (κ2) is 5.43. The van der Waals surface area contributed by atoms with Crippen molar-refractivity contribution in [3.63, 3.8) is 0 Å². The summed E-state index contributed by atoms with van der Waals surface area (Å²) in [5.74, 6) is 0. The number of aryl methyl sites for hydroxylation is 1. The van der Waals surface area contributed by atoms with Crippen LogP contribution in [0.1, 0.15) is 22.7 Å². The highest BCUT2D eigenvalue weighted by atomic mass is 14.9. The van der Waals surface area contributed by atoms with E-state index < -0.39 is 0 Å². The molecule has 2 aromatic carbocycles. The fourth-order valence-electron chi connectivity index (χ4n) is 2.71. The van der Waals surface area contributed by atoms with Gasteiger partial charge in [0, 0.05) is 11.6 Å². The first-order valence-electron chi connectivity index (χ1n) is 6.87. The lowest BCUT2D eigenvalue weighted by Crippen LogP contribution is -2.18. The monoisotopic (exact) mass is 262 g/mol. The molecule has 20 heavy (non-hydrogen) atoms. The van der Waals surface area contributed by atoms with Gasteiger partial charge in [0.25, 0.3) is 0 Å². The van der Waals surface area contributed by atoms with Gasteiger partial charge in [-0.05, 0) is 31.2 Å². The first-order valence-corrected chi connectivity index (χ1v) is 6.87. The Morgan fingerprint density at radius 3 is 2.60 bits per heavy atom.